The molecule has 0 aliphatic heterocycles. The first-order valence-electron chi connectivity index (χ1n) is 5.82. The van der Waals surface area contributed by atoms with Crippen molar-refractivity contribution in [3.05, 3.63) is 18.0 Å². The van der Waals surface area contributed by atoms with Gasteiger partial charge in [0.1, 0.15) is 6.61 Å². The van der Waals surface area contributed by atoms with Gasteiger partial charge in [-0.25, -0.2) is 0 Å². The largest absolute Gasteiger partial charge is 0.411 e. The van der Waals surface area contributed by atoms with Crippen LogP contribution >= 0.6 is 0 Å². The molecule has 0 spiro atoms. The molecular formula is C11H18F3N3O. The molecule has 1 aromatic heterocycles. The maximum Gasteiger partial charge on any atom is 0.411 e. The van der Waals surface area contributed by atoms with Crippen molar-refractivity contribution in [3.63, 3.8) is 0 Å². The van der Waals surface area contributed by atoms with E-state index < -0.39 is 12.8 Å². The van der Waals surface area contributed by atoms with Gasteiger partial charge >= 0.3 is 6.18 Å². The summed E-state index contributed by atoms with van der Waals surface area (Å²) in [7, 11) is 0. The van der Waals surface area contributed by atoms with Crippen molar-refractivity contribution >= 4 is 0 Å². The van der Waals surface area contributed by atoms with Gasteiger partial charge in [-0.3, -0.25) is 4.68 Å². The van der Waals surface area contributed by atoms with Gasteiger partial charge in [-0.2, -0.15) is 18.3 Å². The van der Waals surface area contributed by atoms with Crippen LogP contribution in [0.1, 0.15) is 18.9 Å². The zero-order chi connectivity index (χ0) is 13.6. The number of ether oxygens (including phenoxy) is 1. The fourth-order valence-corrected chi connectivity index (χ4v) is 1.43. The minimum absolute atomic E-state index is 0.0134. The fraction of sp³-hybridized carbons (Fsp3) is 0.727. The first kappa shape index (κ1) is 15.0. The van der Waals surface area contributed by atoms with E-state index in [9.17, 15) is 13.2 Å². The minimum Gasteiger partial charge on any atom is -0.370 e. The lowest BCUT2D eigenvalue weighted by Crippen LogP contribution is -2.21. The van der Waals surface area contributed by atoms with Crippen molar-refractivity contribution < 1.29 is 17.9 Å². The van der Waals surface area contributed by atoms with Crippen LogP contribution in [0.2, 0.25) is 0 Å². The van der Waals surface area contributed by atoms with E-state index >= 15 is 0 Å². The van der Waals surface area contributed by atoms with Crippen LogP contribution in [0, 0.1) is 0 Å². The molecule has 1 unspecified atom stereocenters. The predicted octanol–water partition coefficient (Wildman–Crippen LogP) is 1.74. The Kier molecular flexibility index (Phi) is 5.61. The highest BCUT2D eigenvalue weighted by Gasteiger charge is 2.27. The lowest BCUT2D eigenvalue weighted by molar-refractivity contribution is -0.174. The Labute approximate surface area is 104 Å². The third-order valence-corrected chi connectivity index (χ3v) is 2.44. The number of nitrogens with two attached hydrogens (primary N) is 1. The van der Waals surface area contributed by atoms with Gasteiger partial charge in [-0.05, 0) is 18.4 Å². The fourth-order valence-electron chi connectivity index (χ4n) is 1.43. The molecule has 2 N–H and O–H groups in total. The van der Waals surface area contributed by atoms with Gasteiger partial charge in [-0.1, -0.05) is 6.92 Å². The zero-order valence-corrected chi connectivity index (χ0v) is 10.3. The van der Waals surface area contributed by atoms with E-state index in [0.717, 1.165) is 18.4 Å². The Morgan fingerprint density at radius 2 is 2.22 bits per heavy atom. The second-order valence-electron chi connectivity index (χ2n) is 4.15. The van der Waals surface area contributed by atoms with E-state index in [0.29, 0.717) is 6.54 Å². The minimum atomic E-state index is -4.27. The number of hydrogen-bond acceptors (Lipinski definition) is 3. The number of nitrogens with zero attached hydrogens (tertiary/aromatic N) is 2. The second-order valence-corrected chi connectivity index (χ2v) is 4.15. The molecule has 0 aliphatic carbocycles. The molecule has 0 aliphatic rings. The van der Waals surface area contributed by atoms with Crippen molar-refractivity contribution in [2.75, 3.05) is 13.2 Å². The van der Waals surface area contributed by atoms with Crippen LogP contribution in [0.25, 0.3) is 0 Å². The zero-order valence-electron chi connectivity index (χ0n) is 10.3. The van der Waals surface area contributed by atoms with Gasteiger partial charge in [-0.15, -0.1) is 0 Å². The van der Waals surface area contributed by atoms with Crippen molar-refractivity contribution in [1.29, 1.82) is 0 Å². The van der Waals surface area contributed by atoms with Crippen molar-refractivity contribution in [2.24, 2.45) is 5.73 Å². The Bertz CT molecular complexity index is 352. The van der Waals surface area contributed by atoms with Crippen LogP contribution in [0.4, 0.5) is 13.2 Å². The molecule has 7 heteroatoms. The summed E-state index contributed by atoms with van der Waals surface area (Å²) in [6, 6.07) is 0.0872. The highest BCUT2D eigenvalue weighted by atomic mass is 19.4. The van der Waals surface area contributed by atoms with E-state index in [4.69, 9.17) is 5.73 Å². The predicted molar refractivity (Wildman–Crippen MR) is 61.1 cm³/mol. The van der Waals surface area contributed by atoms with E-state index in [1.165, 1.54) is 0 Å². The summed E-state index contributed by atoms with van der Waals surface area (Å²) < 4.78 is 41.5. The molecule has 0 amide bonds. The third kappa shape index (κ3) is 6.02. The highest BCUT2D eigenvalue weighted by Crippen LogP contribution is 2.14. The van der Waals surface area contributed by atoms with Crippen LogP contribution in [0.15, 0.2) is 12.4 Å². The van der Waals surface area contributed by atoms with E-state index in [1.807, 2.05) is 6.92 Å². The Hall–Kier alpha value is -1.08. The smallest absolute Gasteiger partial charge is 0.370 e. The van der Waals surface area contributed by atoms with Crippen molar-refractivity contribution in [1.82, 2.24) is 9.78 Å². The summed E-state index contributed by atoms with van der Waals surface area (Å²) in [5, 5.41) is 4.04. The molecule has 1 aromatic rings. The normalized spacial score (nSPS) is 13.8. The summed E-state index contributed by atoms with van der Waals surface area (Å²) in [5.41, 5.74) is 6.78. The van der Waals surface area contributed by atoms with E-state index in [-0.39, 0.29) is 12.6 Å². The molecule has 1 atom stereocenters. The molecule has 4 nitrogen and oxygen atoms in total. The molecule has 1 heterocycles. The maximum absolute atomic E-state index is 11.8. The van der Waals surface area contributed by atoms with Gasteiger partial charge in [0.15, 0.2) is 0 Å². The molecule has 0 saturated carbocycles. The van der Waals surface area contributed by atoms with Crippen LogP contribution < -0.4 is 5.73 Å². The molecule has 104 valence electrons. The Balaban J connectivity index is 2.27. The lowest BCUT2D eigenvalue weighted by Gasteiger charge is -2.07. The van der Waals surface area contributed by atoms with Crippen molar-refractivity contribution in [3.8, 4) is 0 Å². The first-order chi connectivity index (χ1) is 8.40. The molecule has 0 aromatic carbocycles. The van der Waals surface area contributed by atoms with Gasteiger partial charge in [0.05, 0.1) is 19.3 Å². The number of halogens is 3. The quantitative estimate of drug-likeness (QED) is 0.764. The third-order valence-electron chi connectivity index (χ3n) is 2.44. The number of rotatable bonds is 7. The molecule has 0 radical (unpaired) electrons. The summed E-state index contributed by atoms with van der Waals surface area (Å²) >= 11 is 0. The first-order valence-corrected chi connectivity index (χ1v) is 5.82. The second kappa shape index (κ2) is 6.75. The van der Waals surface area contributed by atoms with Crippen molar-refractivity contribution in [2.45, 2.75) is 38.5 Å². The van der Waals surface area contributed by atoms with Crippen LogP contribution in [0.3, 0.4) is 0 Å². The van der Waals surface area contributed by atoms with Crippen LogP contribution in [0.5, 0.6) is 0 Å². The summed E-state index contributed by atoms with van der Waals surface area (Å²) in [5.74, 6) is 0. The number of hydrogen-bond donors (Lipinski definition) is 1. The summed E-state index contributed by atoms with van der Waals surface area (Å²) in [4.78, 5) is 0. The van der Waals surface area contributed by atoms with Gasteiger partial charge in [0.2, 0.25) is 0 Å². The van der Waals surface area contributed by atoms with Crippen LogP contribution in [-0.2, 0) is 17.7 Å². The molecule has 1 rings (SSSR count). The average Bonchev–Trinajstić information content (AvgIpc) is 2.71. The Morgan fingerprint density at radius 3 is 2.83 bits per heavy atom. The van der Waals surface area contributed by atoms with Gasteiger partial charge < -0.3 is 10.5 Å². The topological polar surface area (TPSA) is 53.1 Å². The number of aromatic nitrogens is 2. The highest BCUT2D eigenvalue weighted by molar-refractivity contribution is 5.05. The monoisotopic (exact) mass is 265 g/mol. The maximum atomic E-state index is 11.8. The van der Waals surface area contributed by atoms with E-state index in [2.05, 4.69) is 9.84 Å². The summed E-state index contributed by atoms with van der Waals surface area (Å²) in [6.45, 7) is 1.07. The summed E-state index contributed by atoms with van der Waals surface area (Å²) in [6.07, 6.45) is 0.786. The van der Waals surface area contributed by atoms with E-state index in [1.54, 1.807) is 17.1 Å². The molecule has 0 saturated heterocycles. The number of alkyl halides is 3. The lowest BCUT2D eigenvalue weighted by atomic mass is 10.1. The van der Waals surface area contributed by atoms with Gasteiger partial charge in [0, 0.05) is 12.2 Å². The SMILES string of the molecule is CCC(N)Cc1cnn(CCOCC(F)(F)F)c1. The molecule has 18 heavy (non-hydrogen) atoms. The van der Waals surface area contributed by atoms with Crippen LogP contribution in [-0.4, -0.2) is 35.2 Å². The average molecular weight is 265 g/mol. The molecule has 0 bridgehead atoms. The van der Waals surface area contributed by atoms with Gasteiger partial charge in [0.25, 0.3) is 0 Å². The Morgan fingerprint density at radius 1 is 1.50 bits per heavy atom. The molecule has 0 fully saturated rings. The molecular weight excluding hydrogens is 247 g/mol. The standard InChI is InChI=1S/C11H18F3N3O/c1-2-10(15)5-9-6-16-17(7-9)3-4-18-8-11(12,13)14/h6-7,10H,2-5,8,15H2,1H3.